The summed E-state index contributed by atoms with van der Waals surface area (Å²) in [5.41, 5.74) is 4.53. The van der Waals surface area contributed by atoms with E-state index in [-0.39, 0.29) is 42.2 Å². The maximum atomic E-state index is 10.0. The molecule has 0 aromatic carbocycles. The van der Waals surface area contributed by atoms with Crippen LogP contribution in [-0.4, -0.2) is 29.6 Å². The van der Waals surface area contributed by atoms with E-state index in [9.17, 15) is 9.59 Å². The second-order valence-electron chi connectivity index (χ2n) is 2.03. The Bertz CT molecular complexity index is 274. The summed E-state index contributed by atoms with van der Waals surface area (Å²) >= 11 is 0. The quantitative estimate of drug-likeness (QED) is 0.266. The van der Waals surface area contributed by atoms with Crippen LogP contribution in [0.5, 0.6) is 0 Å². The first-order valence-electron chi connectivity index (χ1n) is 4.12. The SMILES string of the molecule is C=CC(=O)NCO.C=CC(=O)[O-].C=CC(N)=O.[Na+]. The number of carbonyl (C=O) groups excluding carboxylic acids is 3. The molecule has 0 aromatic rings. The molecule has 7 nitrogen and oxygen atoms in total. The van der Waals surface area contributed by atoms with Crippen LogP contribution in [0.1, 0.15) is 0 Å². The smallest absolute Gasteiger partial charge is 0.545 e. The van der Waals surface area contributed by atoms with E-state index in [2.05, 4.69) is 30.8 Å². The first-order chi connectivity index (χ1) is 7.85. The van der Waals surface area contributed by atoms with Gasteiger partial charge >= 0.3 is 29.6 Å². The molecule has 0 radical (unpaired) electrons. The third kappa shape index (κ3) is 46.8. The topological polar surface area (TPSA) is 133 Å². The number of hydrogen-bond donors (Lipinski definition) is 3. The number of primary amides is 1. The van der Waals surface area contributed by atoms with Crippen molar-refractivity contribution in [3.8, 4) is 0 Å². The molecule has 0 heterocycles. The molecule has 96 valence electrons. The van der Waals surface area contributed by atoms with Crippen molar-refractivity contribution < 1.29 is 54.2 Å². The fourth-order valence-electron chi connectivity index (χ4n) is 0.150. The Morgan fingerprint density at radius 3 is 1.56 bits per heavy atom. The molecule has 0 rings (SSSR count). The van der Waals surface area contributed by atoms with Gasteiger partial charge in [0.05, 0.1) is 5.97 Å². The maximum Gasteiger partial charge on any atom is 1.00 e. The first-order valence-corrected chi connectivity index (χ1v) is 4.12. The first kappa shape index (κ1) is 25.4. The molecule has 0 aromatic heterocycles. The van der Waals surface area contributed by atoms with Crippen LogP contribution in [0.3, 0.4) is 0 Å². The summed E-state index contributed by atoms with van der Waals surface area (Å²) in [6, 6.07) is 0. The fourth-order valence-corrected chi connectivity index (χ4v) is 0.150. The van der Waals surface area contributed by atoms with Crippen molar-refractivity contribution in [2.75, 3.05) is 6.73 Å². The van der Waals surface area contributed by atoms with Crippen LogP contribution in [0, 0.1) is 0 Å². The number of nitrogens with two attached hydrogens (primary N) is 1. The van der Waals surface area contributed by atoms with Gasteiger partial charge in [-0.15, -0.1) is 0 Å². The van der Waals surface area contributed by atoms with Gasteiger partial charge in [-0.1, -0.05) is 19.7 Å². The molecule has 4 N–H and O–H groups in total. The number of rotatable bonds is 4. The fraction of sp³-hybridized carbons (Fsp3) is 0.100. The monoisotopic (exact) mass is 266 g/mol. The molecule has 8 heteroatoms. The van der Waals surface area contributed by atoms with Gasteiger partial charge in [-0.3, -0.25) is 9.59 Å². The predicted octanol–water partition coefficient (Wildman–Crippen LogP) is -5.18. The molecule has 0 atom stereocenters. The maximum absolute atomic E-state index is 10.0. The van der Waals surface area contributed by atoms with Crippen LogP contribution in [-0.2, 0) is 14.4 Å². The van der Waals surface area contributed by atoms with E-state index in [1.165, 1.54) is 0 Å². The number of aliphatic hydroxyl groups excluding tert-OH is 1. The third-order valence-electron chi connectivity index (χ3n) is 0.807. The van der Waals surface area contributed by atoms with Crippen molar-refractivity contribution in [2.24, 2.45) is 5.73 Å². The Morgan fingerprint density at radius 1 is 1.17 bits per heavy atom. The van der Waals surface area contributed by atoms with E-state index in [1.54, 1.807) is 0 Å². The van der Waals surface area contributed by atoms with Gasteiger partial charge in [0, 0.05) is 0 Å². The van der Waals surface area contributed by atoms with Gasteiger partial charge in [0.15, 0.2) is 0 Å². The Balaban J connectivity index is -0.0000000813. The largest absolute Gasteiger partial charge is 1.00 e. The van der Waals surface area contributed by atoms with Crippen molar-refractivity contribution in [1.29, 1.82) is 0 Å². The minimum atomic E-state index is -1.23. The zero-order valence-electron chi connectivity index (χ0n) is 10.2. The van der Waals surface area contributed by atoms with Gasteiger partial charge in [0.1, 0.15) is 6.73 Å². The average Bonchev–Trinajstić information content (AvgIpc) is 2.30. The summed E-state index contributed by atoms with van der Waals surface area (Å²) in [5.74, 6) is -2.07. The van der Waals surface area contributed by atoms with Crippen LogP contribution < -0.4 is 45.7 Å². The van der Waals surface area contributed by atoms with Crippen molar-refractivity contribution in [3.63, 3.8) is 0 Å². The number of carbonyl (C=O) groups is 3. The van der Waals surface area contributed by atoms with E-state index in [1.807, 2.05) is 0 Å². The van der Waals surface area contributed by atoms with Gasteiger partial charge in [-0.25, -0.2) is 0 Å². The molecule has 0 spiro atoms. The van der Waals surface area contributed by atoms with Crippen LogP contribution in [0.15, 0.2) is 38.0 Å². The summed E-state index contributed by atoms with van der Waals surface area (Å²) < 4.78 is 0. The van der Waals surface area contributed by atoms with Crippen LogP contribution in [0.2, 0.25) is 0 Å². The molecule has 0 aliphatic carbocycles. The summed E-state index contributed by atoms with van der Waals surface area (Å²) in [5, 5.41) is 19.2. The van der Waals surface area contributed by atoms with Gasteiger partial charge < -0.3 is 26.1 Å². The second kappa shape index (κ2) is 20.9. The summed E-state index contributed by atoms with van der Waals surface area (Å²) in [4.78, 5) is 28.6. The Kier molecular flexibility index (Phi) is 29.6. The molecule has 2 amide bonds. The molecular formula is C10H15N2NaO5. The number of amides is 2. The van der Waals surface area contributed by atoms with Crippen molar-refractivity contribution >= 4 is 17.8 Å². The predicted molar refractivity (Wildman–Crippen MR) is 60.0 cm³/mol. The van der Waals surface area contributed by atoms with Crippen LogP contribution in [0.25, 0.3) is 0 Å². The average molecular weight is 266 g/mol. The van der Waals surface area contributed by atoms with Crippen LogP contribution in [0.4, 0.5) is 0 Å². The van der Waals surface area contributed by atoms with Crippen molar-refractivity contribution in [3.05, 3.63) is 38.0 Å². The van der Waals surface area contributed by atoms with E-state index in [4.69, 9.17) is 15.0 Å². The number of aliphatic carboxylic acids is 1. The summed E-state index contributed by atoms with van der Waals surface area (Å²) in [6.07, 6.45) is 2.87. The van der Waals surface area contributed by atoms with E-state index in [0.29, 0.717) is 0 Å². The van der Waals surface area contributed by atoms with Gasteiger partial charge in [0.2, 0.25) is 11.8 Å². The number of nitrogens with one attached hydrogen (secondary N) is 1. The summed E-state index contributed by atoms with van der Waals surface area (Å²) in [6.45, 7) is 8.81. The number of hydrogen-bond acceptors (Lipinski definition) is 5. The minimum Gasteiger partial charge on any atom is -0.545 e. The summed E-state index contributed by atoms with van der Waals surface area (Å²) in [7, 11) is 0. The zero-order chi connectivity index (χ0) is 14.3. The van der Waals surface area contributed by atoms with E-state index < -0.39 is 11.9 Å². The molecule has 0 aliphatic heterocycles. The Morgan fingerprint density at radius 2 is 1.50 bits per heavy atom. The number of carboxylic acids is 1. The molecule has 0 aliphatic rings. The van der Waals surface area contributed by atoms with Crippen molar-refractivity contribution in [2.45, 2.75) is 0 Å². The van der Waals surface area contributed by atoms with E-state index >= 15 is 0 Å². The number of aliphatic hydroxyl groups is 1. The standard InChI is InChI=1S/C4H7NO2.C3H5NO.C3H4O2.Na/c1-2-4(7)5-3-6;2*1-2-3(4)5;/h2,6H,1,3H2,(H,5,7);2H,1H2,(H2,4,5);2H,1H2,(H,4,5);/q;;;+1/p-1. The molecule has 0 unspecified atom stereocenters. The minimum absolute atomic E-state index is 0. The molecule has 0 fully saturated rings. The van der Waals surface area contributed by atoms with Gasteiger partial charge in [-0.05, 0) is 18.2 Å². The van der Waals surface area contributed by atoms with Crippen LogP contribution >= 0.6 is 0 Å². The molecule has 0 saturated heterocycles. The molecule has 0 saturated carbocycles. The normalized spacial score (nSPS) is 6.50. The van der Waals surface area contributed by atoms with E-state index in [0.717, 1.165) is 18.2 Å². The zero-order valence-corrected chi connectivity index (χ0v) is 12.2. The van der Waals surface area contributed by atoms with Crippen molar-refractivity contribution in [1.82, 2.24) is 5.32 Å². The number of carboxylic acid groups (broad SMARTS) is 1. The molecule has 18 heavy (non-hydrogen) atoms. The Hall–Kier alpha value is -1.41. The molecular weight excluding hydrogens is 251 g/mol. The Labute approximate surface area is 127 Å². The van der Waals surface area contributed by atoms with Gasteiger partial charge in [-0.2, -0.15) is 0 Å². The second-order valence-corrected chi connectivity index (χ2v) is 2.03. The van der Waals surface area contributed by atoms with Gasteiger partial charge in [0.25, 0.3) is 0 Å². The molecule has 0 bridgehead atoms. The third-order valence-corrected chi connectivity index (χ3v) is 0.807.